The van der Waals surface area contributed by atoms with Crippen molar-refractivity contribution in [1.82, 2.24) is 10.6 Å². The number of halogens is 2. The van der Waals surface area contributed by atoms with Crippen LogP contribution in [0, 0.1) is 10.1 Å². The largest absolute Gasteiger partial charge is 0.358 e. The SMILES string of the molecule is O=C(NC(=S)NCc1ccc(Cl)cc1Cl)c1ccccc1[N+](=O)[O-]. The average Bonchev–Trinajstić information content (AvgIpc) is 2.54. The summed E-state index contributed by atoms with van der Waals surface area (Å²) in [6.45, 7) is 0.270. The maximum atomic E-state index is 12.1. The van der Waals surface area contributed by atoms with Crippen LogP contribution in [0.5, 0.6) is 0 Å². The van der Waals surface area contributed by atoms with Gasteiger partial charge in [-0.25, -0.2) is 0 Å². The number of nitro groups is 1. The first kappa shape index (κ1) is 18.1. The molecule has 0 unspecified atom stereocenters. The zero-order valence-corrected chi connectivity index (χ0v) is 14.4. The number of nitro benzene ring substituents is 1. The number of para-hydroxylation sites is 1. The van der Waals surface area contributed by atoms with Gasteiger partial charge >= 0.3 is 0 Å². The van der Waals surface area contributed by atoms with Crippen LogP contribution in [0.4, 0.5) is 5.69 Å². The second-order valence-electron chi connectivity index (χ2n) is 4.65. The van der Waals surface area contributed by atoms with Crippen LogP contribution in [0.1, 0.15) is 15.9 Å². The molecule has 0 saturated carbocycles. The standard InChI is InChI=1S/C15H11Cl2N3O3S/c16-10-6-5-9(12(17)7-10)8-18-15(24)19-14(21)11-3-1-2-4-13(11)20(22)23/h1-7H,8H2,(H2,18,19,21,24). The first-order valence-corrected chi connectivity index (χ1v) is 7.81. The van der Waals surface area contributed by atoms with E-state index in [-0.39, 0.29) is 22.9 Å². The van der Waals surface area contributed by atoms with Gasteiger partial charge in [-0.05, 0) is 36.0 Å². The number of hydrogen-bond acceptors (Lipinski definition) is 4. The molecule has 24 heavy (non-hydrogen) atoms. The van der Waals surface area contributed by atoms with Crippen molar-refractivity contribution < 1.29 is 9.72 Å². The molecule has 0 spiro atoms. The minimum Gasteiger partial charge on any atom is -0.358 e. The molecule has 2 aromatic rings. The number of thiocarbonyl (C=S) groups is 1. The van der Waals surface area contributed by atoms with Gasteiger partial charge in [0.05, 0.1) is 4.92 Å². The molecule has 9 heteroatoms. The normalized spacial score (nSPS) is 10.1. The smallest absolute Gasteiger partial charge is 0.282 e. The van der Waals surface area contributed by atoms with Gasteiger partial charge in [-0.2, -0.15) is 0 Å². The van der Waals surface area contributed by atoms with E-state index in [2.05, 4.69) is 10.6 Å². The zero-order chi connectivity index (χ0) is 17.7. The number of hydrogen-bond donors (Lipinski definition) is 2. The van der Waals surface area contributed by atoms with Gasteiger partial charge in [0.2, 0.25) is 0 Å². The van der Waals surface area contributed by atoms with Crippen LogP contribution in [-0.4, -0.2) is 15.9 Å². The summed E-state index contributed by atoms with van der Waals surface area (Å²) in [6, 6.07) is 10.6. The number of rotatable bonds is 4. The third-order valence-corrected chi connectivity index (χ3v) is 3.86. The maximum absolute atomic E-state index is 12.1. The van der Waals surface area contributed by atoms with Gasteiger partial charge < -0.3 is 5.32 Å². The third-order valence-electron chi connectivity index (χ3n) is 3.03. The summed E-state index contributed by atoms with van der Waals surface area (Å²) < 4.78 is 0. The molecule has 0 aliphatic heterocycles. The number of carbonyl (C=O) groups is 1. The van der Waals surface area contributed by atoms with Crippen molar-refractivity contribution in [2.24, 2.45) is 0 Å². The third kappa shape index (κ3) is 4.64. The lowest BCUT2D eigenvalue weighted by Crippen LogP contribution is -2.39. The quantitative estimate of drug-likeness (QED) is 0.477. The van der Waals surface area contributed by atoms with Crippen molar-refractivity contribution in [3.63, 3.8) is 0 Å². The van der Waals surface area contributed by atoms with Crippen LogP contribution < -0.4 is 10.6 Å². The lowest BCUT2D eigenvalue weighted by molar-refractivity contribution is -0.385. The highest BCUT2D eigenvalue weighted by Crippen LogP contribution is 2.21. The van der Waals surface area contributed by atoms with Gasteiger partial charge in [0.1, 0.15) is 5.56 Å². The monoisotopic (exact) mass is 383 g/mol. The van der Waals surface area contributed by atoms with Crippen molar-refractivity contribution >= 4 is 52.1 Å². The molecular formula is C15H11Cl2N3O3S. The van der Waals surface area contributed by atoms with Crippen LogP contribution in [0.2, 0.25) is 10.0 Å². The summed E-state index contributed by atoms with van der Waals surface area (Å²) in [5.74, 6) is -0.665. The van der Waals surface area contributed by atoms with Crippen LogP contribution in [0.3, 0.4) is 0 Å². The lowest BCUT2D eigenvalue weighted by atomic mass is 10.1. The Morgan fingerprint density at radius 1 is 1.21 bits per heavy atom. The highest BCUT2D eigenvalue weighted by molar-refractivity contribution is 7.80. The Labute approximate surface area is 152 Å². The molecule has 124 valence electrons. The van der Waals surface area contributed by atoms with Crippen LogP contribution in [-0.2, 0) is 6.54 Å². The fourth-order valence-electron chi connectivity index (χ4n) is 1.88. The van der Waals surface area contributed by atoms with Gasteiger partial charge in [0, 0.05) is 22.7 Å². The second kappa shape index (κ2) is 8.05. The molecule has 0 aromatic heterocycles. The van der Waals surface area contributed by atoms with Crippen LogP contribution in [0.25, 0.3) is 0 Å². The van der Waals surface area contributed by atoms with E-state index in [1.54, 1.807) is 18.2 Å². The summed E-state index contributed by atoms with van der Waals surface area (Å²) >= 11 is 16.9. The Kier molecular flexibility index (Phi) is 6.08. The molecule has 0 aliphatic carbocycles. The maximum Gasteiger partial charge on any atom is 0.282 e. The Morgan fingerprint density at radius 3 is 2.58 bits per heavy atom. The van der Waals surface area contributed by atoms with E-state index < -0.39 is 10.8 Å². The molecule has 0 fully saturated rings. The van der Waals surface area contributed by atoms with E-state index in [4.69, 9.17) is 35.4 Å². The Bertz CT molecular complexity index is 814. The predicted octanol–water partition coefficient (Wildman–Crippen LogP) is 3.71. The van der Waals surface area contributed by atoms with Gasteiger partial charge in [0.25, 0.3) is 11.6 Å². The molecule has 2 aromatic carbocycles. The van der Waals surface area contributed by atoms with Gasteiger partial charge in [-0.1, -0.05) is 41.4 Å². The molecule has 6 nitrogen and oxygen atoms in total. The second-order valence-corrected chi connectivity index (χ2v) is 5.90. The Hall–Kier alpha value is -2.22. The van der Waals surface area contributed by atoms with E-state index in [1.807, 2.05) is 0 Å². The van der Waals surface area contributed by atoms with Crippen molar-refractivity contribution in [2.45, 2.75) is 6.54 Å². The summed E-state index contributed by atoms with van der Waals surface area (Å²) in [5, 5.41) is 17.2. The van der Waals surface area contributed by atoms with E-state index in [1.165, 1.54) is 24.3 Å². The van der Waals surface area contributed by atoms with E-state index in [9.17, 15) is 14.9 Å². The molecule has 0 aliphatic rings. The number of carbonyl (C=O) groups excluding carboxylic acids is 1. The Balaban J connectivity index is 2.00. The van der Waals surface area contributed by atoms with Crippen molar-refractivity contribution in [3.05, 3.63) is 73.8 Å². The van der Waals surface area contributed by atoms with E-state index >= 15 is 0 Å². The van der Waals surface area contributed by atoms with E-state index in [0.717, 1.165) is 5.56 Å². The van der Waals surface area contributed by atoms with Crippen molar-refractivity contribution in [1.29, 1.82) is 0 Å². The van der Waals surface area contributed by atoms with Gasteiger partial charge in [-0.15, -0.1) is 0 Å². The fraction of sp³-hybridized carbons (Fsp3) is 0.0667. The summed E-state index contributed by atoms with van der Waals surface area (Å²) in [4.78, 5) is 22.4. The lowest BCUT2D eigenvalue weighted by Gasteiger charge is -2.11. The first-order chi connectivity index (χ1) is 11.4. The van der Waals surface area contributed by atoms with Gasteiger partial charge in [-0.3, -0.25) is 20.2 Å². The van der Waals surface area contributed by atoms with Gasteiger partial charge in [0.15, 0.2) is 5.11 Å². The molecule has 0 bridgehead atoms. The summed E-state index contributed by atoms with van der Waals surface area (Å²) in [6.07, 6.45) is 0. The molecule has 0 atom stereocenters. The molecule has 0 radical (unpaired) electrons. The predicted molar refractivity (Wildman–Crippen MR) is 96.5 cm³/mol. The first-order valence-electron chi connectivity index (χ1n) is 6.65. The molecule has 0 heterocycles. The molecular weight excluding hydrogens is 373 g/mol. The average molecular weight is 384 g/mol. The zero-order valence-electron chi connectivity index (χ0n) is 12.1. The fourth-order valence-corrected chi connectivity index (χ4v) is 2.52. The minimum absolute atomic E-state index is 0.0316. The van der Waals surface area contributed by atoms with Crippen molar-refractivity contribution in [2.75, 3.05) is 0 Å². The topological polar surface area (TPSA) is 84.3 Å². The highest BCUT2D eigenvalue weighted by Gasteiger charge is 2.19. The molecule has 1 amide bonds. The number of nitrogens with zero attached hydrogens (tertiary/aromatic N) is 1. The van der Waals surface area contributed by atoms with E-state index in [0.29, 0.717) is 10.0 Å². The van der Waals surface area contributed by atoms with Crippen LogP contribution >= 0.6 is 35.4 Å². The number of nitrogens with one attached hydrogen (secondary N) is 2. The summed E-state index contributed by atoms with van der Waals surface area (Å²) in [5.41, 5.74) is 0.373. The van der Waals surface area contributed by atoms with Crippen LogP contribution in [0.15, 0.2) is 42.5 Å². The molecule has 2 rings (SSSR count). The summed E-state index contributed by atoms with van der Waals surface area (Å²) in [7, 11) is 0. The highest BCUT2D eigenvalue weighted by atomic mass is 35.5. The minimum atomic E-state index is -0.665. The van der Waals surface area contributed by atoms with Crippen molar-refractivity contribution in [3.8, 4) is 0 Å². The number of amides is 1. The Morgan fingerprint density at radius 2 is 1.92 bits per heavy atom. The molecule has 0 saturated heterocycles. The number of benzene rings is 2. The molecule has 2 N–H and O–H groups in total.